The van der Waals surface area contributed by atoms with Crippen molar-refractivity contribution in [3.8, 4) is 11.5 Å². The second kappa shape index (κ2) is 8.05. The van der Waals surface area contributed by atoms with Gasteiger partial charge in [-0.1, -0.05) is 18.2 Å². The average Bonchev–Trinajstić information content (AvgIpc) is 2.67. The summed E-state index contributed by atoms with van der Waals surface area (Å²) in [5.41, 5.74) is 1.58. The summed E-state index contributed by atoms with van der Waals surface area (Å²) >= 11 is 0. The van der Waals surface area contributed by atoms with Crippen LogP contribution in [0.4, 0.5) is 9.18 Å². The largest absolute Gasteiger partial charge is 0.504 e. The minimum absolute atomic E-state index is 0.0230. The normalized spacial score (nSPS) is 17.0. The number of amides is 2. The van der Waals surface area contributed by atoms with Gasteiger partial charge in [0.25, 0.3) is 0 Å². The summed E-state index contributed by atoms with van der Waals surface area (Å²) in [5.74, 6) is 0.0835. The number of carbonyl (C=O) groups is 1. The topological polar surface area (TPSA) is 71.0 Å². The van der Waals surface area contributed by atoms with Gasteiger partial charge in [-0.25, -0.2) is 9.18 Å². The number of nitrogens with zero attached hydrogens (tertiary/aromatic N) is 1. The highest BCUT2D eigenvalue weighted by molar-refractivity contribution is 5.75. The van der Waals surface area contributed by atoms with Crippen molar-refractivity contribution in [3.63, 3.8) is 0 Å². The minimum atomic E-state index is -0.319. The molecule has 2 aromatic carbocycles. The Balaban J connectivity index is 1.67. The van der Waals surface area contributed by atoms with Gasteiger partial charge < -0.3 is 24.8 Å². The number of morpholine rings is 1. The quantitative estimate of drug-likeness (QED) is 0.880. The maximum absolute atomic E-state index is 13.2. The molecule has 1 aliphatic heterocycles. The van der Waals surface area contributed by atoms with Gasteiger partial charge in [0.1, 0.15) is 5.82 Å². The molecule has 3 rings (SSSR count). The lowest BCUT2D eigenvalue weighted by Gasteiger charge is -2.35. The maximum Gasteiger partial charge on any atom is 0.318 e. The molecule has 1 atom stereocenters. The summed E-state index contributed by atoms with van der Waals surface area (Å²) in [6.45, 7) is 1.53. The first-order chi connectivity index (χ1) is 12.6. The molecule has 26 heavy (non-hydrogen) atoms. The zero-order valence-electron chi connectivity index (χ0n) is 14.4. The van der Waals surface area contributed by atoms with E-state index in [1.54, 1.807) is 35.2 Å². The number of halogens is 1. The van der Waals surface area contributed by atoms with Gasteiger partial charge in [0.15, 0.2) is 11.5 Å². The number of ether oxygens (including phenoxy) is 2. The Morgan fingerprint density at radius 3 is 2.81 bits per heavy atom. The zero-order valence-corrected chi connectivity index (χ0v) is 14.4. The summed E-state index contributed by atoms with van der Waals surface area (Å²) in [5, 5.41) is 12.7. The van der Waals surface area contributed by atoms with E-state index in [1.165, 1.54) is 19.2 Å². The lowest BCUT2D eigenvalue weighted by atomic mass is 10.1. The van der Waals surface area contributed by atoms with E-state index < -0.39 is 0 Å². The van der Waals surface area contributed by atoms with Gasteiger partial charge in [0.05, 0.1) is 26.4 Å². The molecule has 1 saturated heterocycles. The van der Waals surface area contributed by atoms with Crippen LogP contribution in [-0.4, -0.2) is 42.9 Å². The van der Waals surface area contributed by atoms with E-state index >= 15 is 0 Å². The fourth-order valence-electron chi connectivity index (χ4n) is 2.93. The maximum atomic E-state index is 13.2. The Bertz CT molecular complexity index is 767. The average molecular weight is 360 g/mol. The molecule has 2 amide bonds. The van der Waals surface area contributed by atoms with Crippen LogP contribution in [0.15, 0.2) is 42.5 Å². The highest BCUT2D eigenvalue weighted by atomic mass is 19.1. The van der Waals surface area contributed by atoms with Crippen LogP contribution in [0.1, 0.15) is 17.2 Å². The van der Waals surface area contributed by atoms with Crippen LogP contribution >= 0.6 is 0 Å². The summed E-state index contributed by atoms with van der Waals surface area (Å²) in [6.07, 6.45) is 0. The van der Waals surface area contributed by atoms with Crippen LogP contribution in [0.25, 0.3) is 0 Å². The van der Waals surface area contributed by atoms with Crippen molar-refractivity contribution < 1.29 is 23.8 Å². The molecule has 138 valence electrons. The highest BCUT2D eigenvalue weighted by Gasteiger charge is 2.28. The molecule has 1 fully saturated rings. The third-order valence-corrected chi connectivity index (χ3v) is 4.33. The molecule has 0 aliphatic carbocycles. The second-order valence-electron chi connectivity index (χ2n) is 6.00. The van der Waals surface area contributed by atoms with E-state index in [9.17, 15) is 14.3 Å². The monoisotopic (exact) mass is 360 g/mol. The number of methoxy groups -OCH3 is 1. The first-order valence-electron chi connectivity index (χ1n) is 8.32. The smallest absolute Gasteiger partial charge is 0.318 e. The van der Waals surface area contributed by atoms with E-state index in [2.05, 4.69) is 5.32 Å². The fraction of sp³-hybridized carbons (Fsp3) is 0.316. The number of urea groups is 1. The van der Waals surface area contributed by atoms with Gasteiger partial charge in [0, 0.05) is 13.1 Å². The first-order valence-corrected chi connectivity index (χ1v) is 8.32. The SMILES string of the molecule is COc1ccc(CNC(=O)N2CCOCC2c2ccc(F)cc2)cc1O. The molecule has 2 aromatic rings. The zero-order chi connectivity index (χ0) is 18.5. The molecule has 1 unspecified atom stereocenters. The van der Waals surface area contributed by atoms with Crippen molar-refractivity contribution in [1.29, 1.82) is 0 Å². The molecule has 1 heterocycles. The lowest BCUT2D eigenvalue weighted by Crippen LogP contribution is -2.47. The van der Waals surface area contributed by atoms with E-state index in [0.717, 1.165) is 11.1 Å². The Hall–Kier alpha value is -2.80. The molecule has 0 bridgehead atoms. The summed E-state index contributed by atoms with van der Waals surface area (Å²) in [6, 6.07) is 10.5. The van der Waals surface area contributed by atoms with Gasteiger partial charge in [-0.2, -0.15) is 0 Å². The Morgan fingerprint density at radius 1 is 1.35 bits per heavy atom. The molecule has 1 aliphatic rings. The second-order valence-corrected chi connectivity index (χ2v) is 6.00. The molecule has 0 aromatic heterocycles. The molecular weight excluding hydrogens is 339 g/mol. The van der Waals surface area contributed by atoms with Gasteiger partial charge >= 0.3 is 6.03 Å². The minimum Gasteiger partial charge on any atom is -0.504 e. The predicted octanol–water partition coefficient (Wildman–Crippen LogP) is 2.82. The van der Waals surface area contributed by atoms with Crippen molar-refractivity contribution in [1.82, 2.24) is 10.2 Å². The van der Waals surface area contributed by atoms with Gasteiger partial charge in [-0.05, 0) is 35.4 Å². The number of benzene rings is 2. The molecule has 7 heteroatoms. The van der Waals surface area contributed by atoms with Crippen LogP contribution < -0.4 is 10.1 Å². The molecule has 0 radical (unpaired) electrons. The van der Waals surface area contributed by atoms with Crippen molar-refractivity contribution in [2.24, 2.45) is 0 Å². The molecule has 2 N–H and O–H groups in total. The van der Waals surface area contributed by atoms with E-state index in [4.69, 9.17) is 9.47 Å². The van der Waals surface area contributed by atoms with Crippen LogP contribution in [0.5, 0.6) is 11.5 Å². The number of carbonyl (C=O) groups excluding carboxylic acids is 1. The van der Waals surface area contributed by atoms with Gasteiger partial charge in [-0.15, -0.1) is 0 Å². The number of hydrogen-bond donors (Lipinski definition) is 2. The van der Waals surface area contributed by atoms with Gasteiger partial charge in [-0.3, -0.25) is 0 Å². The third kappa shape index (κ3) is 4.05. The highest BCUT2D eigenvalue weighted by Crippen LogP contribution is 2.27. The van der Waals surface area contributed by atoms with Crippen LogP contribution in [0.2, 0.25) is 0 Å². The number of hydrogen-bond acceptors (Lipinski definition) is 4. The number of phenols is 1. The molecule has 0 spiro atoms. The number of phenolic OH excluding ortho intramolecular Hbond substituents is 1. The Kier molecular flexibility index (Phi) is 5.58. The number of rotatable bonds is 4. The number of nitrogens with one attached hydrogen (secondary N) is 1. The summed E-state index contributed by atoms with van der Waals surface area (Å²) in [7, 11) is 1.48. The predicted molar refractivity (Wildman–Crippen MR) is 93.6 cm³/mol. The Morgan fingerprint density at radius 2 is 2.12 bits per heavy atom. The van der Waals surface area contributed by atoms with Crippen molar-refractivity contribution in [3.05, 3.63) is 59.4 Å². The van der Waals surface area contributed by atoms with E-state index in [1.807, 2.05) is 0 Å². The third-order valence-electron chi connectivity index (χ3n) is 4.33. The van der Waals surface area contributed by atoms with Crippen molar-refractivity contribution in [2.75, 3.05) is 26.9 Å². The van der Waals surface area contributed by atoms with Gasteiger partial charge in [0.2, 0.25) is 0 Å². The standard InChI is InChI=1S/C19H21FN2O4/c1-25-18-7-2-13(10-17(18)23)11-21-19(24)22-8-9-26-12-16(22)14-3-5-15(20)6-4-14/h2-7,10,16,23H,8-9,11-12H2,1H3,(H,21,24). The molecule has 0 saturated carbocycles. The van der Waals surface area contributed by atoms with E-state index in [-0.39, 0.29) is 30.2 Å². The van der Waals surface area contributed by atoms with Crippen molar-refractivity contribution in [2.45, 2.75) is 12.6 Å². The lowest BCUT2D eigenvalue weighted by molar-refractivity contribution is 0.0115. The van der Waals surface area contributed by atoms with Crippen LogP contribution in [0, 0.1) is 5.82 Å². The fourth-order valence-corrected chi connectivity index (χ4v) is 2.93. The first kappa shape index (κ1) is 18.0. The van der Waals surface area contributed by atoms with Crippen molar-refractivity contribution >= 4 is 6.03 Å². The molecular formula is C19H21FN2O4. The van der Waals surface area contributed by atoms with E-state index in [0.29, 0.717) is 25.5 Å². The number of aromatic hydroxyl groups is 1. The van der Waals surface area contributed by atoms with Crippen LogP contribution in [0.3, 0.4) is 0 Å². The molecule has 6 nitrogen and oxygen atoms in total. The van der Waals surface area contributed by atoms with Crippen LogP contribution in [-0.2, 0) is 11.3 Å². The summed E-state index contributed by atoms with van der Waals surface area (Å²) < 4.78 is 23.6. The Labute approximate surface area is 151 Å². The summed E-state index contributed by atoms with van der Waals surface area (Å²) in [4.78, 5) is 14.3.